The van der Waals surface area contributed by atoms with E-state index in [0.29, 0.717) is 13.1 Å². The van der Waals surface area contributed by atoms with Gasteiger partial charge in [0.25, 0.3) is 0 Å². The van der Waals surface area contributed by atoms with Gasteiger partial charge in [-0.3, -0.25) is 9.79 Å². The monoisotopic (exact) mass is 318 g/mol. The molecule has 0 aliphatic heterocycles. The lowest BCUT2D eigenvalue weighted by atomic mass is 9.92. The first-order valence-corrected chi connectivity index (χ1v) is 8.05. The highest BCUT2D eigenvalue weighted by molar-refractivity contribution is 5.84. The van der Waals surface area contributed by atoms with Crippen LogP contribution in [0.4, 0.5) is 0 Å². The van der Waals surface area contributed by atoms with Crippen LogP contribution in [0, 0.1) is 12.3 Å². The quantitative estimate of drug-likeness (QED) is 0.624. The van der Waals surface area contributed by atoms with Crippen molar-refractivity contribution in [3.05, 3.63) is 35.4 Å². The Bertz CT molecular complexity index is 534. The summed E-state index contributed by atoms with van der Waals surface area (Å²) in [6.07, 6.45) is 0. The van der Waals surface area contributed by atoms with Crippen LogP contribution in [0.3, 0.4) is 0 Å². The van der Waals surface area contributed by atoms with Gasteiger partial charge in [0.2, 0.25) is 5.91 Å². The summed E-state index contributed by atoms with van der Waals surface area (Å²) in [5.74, 6) is 0.826. The highest BCUT2D eigenvalue weighted by Gasteiger charge is 2.27. The van der Waals surface area contributed by atoms with Crippen molar-refractivity contribution in [3.8, 4) is 0 Å². The van der Waals surface area contributed by atoms with Crippen LogP contribution < -0.4 is 10.6 Å². The van der Waals surface area contributed by atoms with Crippen molar-refractivity contribution in [2.75, 3.05) is 27.2 Å². The molecule has 0 saturated carbocycles. The van der Waals surface area contributed by atoms with Crippen LogP contribution in [0.15, 0.2) is 29.3 Å². The standard InChI is InChI=1S/C18H30N4O/c1-7-20-16(23)18(3,4)13-21-17(19-5)22(6)12-15-10-8-14(2)9-11-15/h8-11H,7,12-13H2,1-6H3,(H,19,21)(H,20,23). The van der Waals surface area contributed by atoms with Gasteiger partial charge < -0.3 is 15.5 Å². The fourth-order valence-electron chi connectivity index (χ4n) is 2.21. The van der Waals surface area contributed by atoms with E-state index in [1.807, 2.05) is 27.8 Å². The first-order chi connectivity index (χ1) is 10.8. The SMILES string of the molecule is CCNC(=O)C(C)(C)CNC(=NC)N(C)Cc1ccc(C)cc1. The van der Waals surface area contributed by atoms with E-state index in [0.717, 1.165) is 12.5 Å². The van der Waals surface area contributed by atoms with Crippen molar-refractivity contribution in [2.24, 2.45) is 10.4 Å². The summed E-state index contributed by atoms with van der Waals surface area (Å²) in [6.45, 7) is 9.80. The van der Waals surface area contributed by atoms with Gasteiger partial charge in [0.1, 0.15) is 0 Å². The zero-order valence-electron chi connectivity index (χ0n) is 15.2. The molecule has 0 unspecified atom stereocenters. The summed E-state index contributed by atoms with van der Waals surface area (Å²) < 4.78 is 0. The Morgan fingerprint density at radius 3 is 2.35 bits per heavy atom. The molecule has 2 N–H and O–H groups in total. The number of carbonyl (C=O) groups is 1. The summed E-state index contributed by atoms with van der Waals surface area (Å²) in [4.78, 5) is 18.4. The molecule has 0 spiro atoms. The number of rotatable bonds is 6. The molecule has 0 bridgehead atoms. The maximum absolute atomic E-state index is 12.1. The van der Waals surface area contributed by atoms with Gasteiger partial charge in [0, 0.05) is 33.7 Å². The number of benzene rings is 1. The number of carbonyl (C=O) groups excluding carboxylic acids is 1. The molecule has 0 heterocycles. The third kappa shape index (κ3) is 5.93. The summed E-state index contributed by atoms with van der Waals surface area (Å²) in [5.41, 5.74) is 1.99. The molecule has 1 aromatic rings. The minimum Gasteiger partial charge on any atom is -0.356 e. The van der Waals surface area contributed by atoms with Crippen molar-refractivity contribution in [1.82, 2.24) is 15.5 Å². The molecule has 1 amide bonds. The number of amides is 1. The van der Waals surface area contributed by atoms with Gasteiger partial charge in [-0.25, -0.2) is 0 Å². The van der Waals surface area contributed by atoms with E-state index in [4.69, 9.17) is 0 Å². The molecule has 0 aliphatic carbocycles. The average molecular weight is 318 g/mol. The number of aryl methyl sites for hydroxylation is 1. The van der Waals surface area contributed by atoms with Gasteiger partial charge in [-0.1, -0.05) is 29.8 Å². The largest absolute Gasteiger partial charge is 0.356 e. The van der Waals surface area contributed by atoms with Crippen LogP contribution in [0.5, 0.6) is 0 Å². The second kappa shape index (κ2) is 8.56. The molecule has 0 aliphatic rings. The molecule has 0 fully saturated rings. The average Bonchev–Trinajstić information content (AvgIpc) is 2.50. The third-order valence-corrected chi connectivity index (χ3v) is 3.75. The first kappa shape index (κ1) is 19.0. The first-order valence-electron chi connectivity index (χ1n) is 8.05. The number of hydrogen-bond acceptors (Lipinski definition) is 2. The highest BCUT2D eigenvalue weighted by atomic mass is 16.2. The Labute approximate surface area is 140 Å². The van der Waals surface area contributed by atoms with Gasteiger partial charge in [-0.2, -0.15) is 0 Å². The van der Waals surface area contributed by atoms with Gasteiger partial charge in [-0.05, 0) is 33.3 Å². The smallest absolute Gasteiger partial charge is 0.227 e. The lowest BCUT2D eigenvalue weighted by Crippen LogP contribution is -2.48. The minimum absolute atomic E-state index is 0.0455. The number of aliphatic imine (C=N–C) groups is 1. The minimum atomic E-state index is -0.489. The fraction of sp³-hybridized carbons (Fsp3) is 0.556. The van der Waals surface area contributed by atoms with Crippen LogP contribution in [-0.2, 0) is 11.3 Å². The Balaban J connectivity index is 2.62. The second-order valence-corrected chi connectivity index (χ2v) is 6.49. The highest BCUT2D eigenvalue weighted by Crippen LogP contribution is 2.14. The zero-order valence-corrected chi connectivity index (χ0v) is 15.2. The van der Waals surface area contributed by atoms with Gasteiger partial charge >= 0.3 is 0 Å². The predicted octanol–water partition coefficient (Wildman–Crippen LogP) is 2.16. The summed E-state index contributed by atoms with van der Waals surface area (Å²) >= 11 is 0. The Kier molecular flexibility index (Phi) is 7.07. The van der Waals surface area contributed by atoms with Crippen LogP contribution in [-0.4, -0.2) is 44.0 Å². The molecular weight excluding hydrogens is 288 g/mol. The lowest BCUT2D eigenvalue weighted by Gasteiger charge is -2.28. The van der Waals surface area contributed by atoms with E-state index in [9.17, 15) is 4.79 Å². The van der Waals surface area contributed by atoms with Crippen molar-refractivity contribution in [3.63, 3.8) is 0 Å². The summed E-state index contributed by atoms with van der Waals surface area (Å²) in [5, 5.41) is 6.16. The molecule has 1 aromatic carbocycles. The molecule has 0 saturated heterocycles. The molecule has 0 atom stereocenters. The molecule has 0 aromatic heterocycles. The molecule has 1 rings (SSSR count). The van der Waals surface area contributed by atoms with Crippen molar-refractivity contribution in [2.45, 2.75) is 34.2 Å². The van der Waals surface area contributed by atoms with Crippen LogP contribution in [0.2, 0.25) is 0 Å². The van der Waals surface area contributed by atoms with Crippen molar-refractivity contribution in [1.29, 1.82) is 0 Å². The Hall–Kier alpha value is -2.04. The van der Waals surface area contributed by atoms with E-state index in [1.165, 1.54) is 11.1 Å². The van der Waals surface area contributed by atoms with Crippen molar-refractivity contribution >= 4 is 11.9 Å². The maximum atomic E-state index is 12.1. The van der Waals surface area contributed by atoms with Gasteiger partial charge in [0.15, 0.2) is 5.96 Å². The van der Waals surface area contributed by atoms with Crippen LogP contribution in [0.25, 0.3) is 0 Å². The van der Waals surface area contributed by atoms with E-state index in [2.05, 4.69) is 51.7 Å². The number of guanidine groups is 1. The Morgan fingerprint density at radius 2 is 1.83 bits per heavy atom. The zero-order chi connectivity index (χ0) is 17.5. The molecule has 5 heteroatoms. The third-order valence-electron chi connectivity index (χ3n) is 3.75. The molecule has 23 heavy (non-hydrogen) atoms. The number of hydrogen-bond donors (Lipinski definition) is 2. The second-order valence-electron chi connectivity index (χ2n) is 6.49. The van der Waals surface area contributed by atoms with Crippen LogP contribution >= 0.6 is 0 Å². The van der Waals surface area contributed by atoms with Crippen molar-refractivity contribution < 1.29 is 4.79 Å². The Morgan fingerprint density at radius 1 is 1.22 bits per heavy atom. The normalized spacial score (nSPS) is 12.0. The van der Waals surface area contributed by atoms with E-state index < -0.39 is 5.41 Å². The van der Waals surface area contributed by atoms with Gasteiger partial charge in [-0.15, -0.1) is 0 Å². The summed E-state index contributed by atoms with van der Waals surface area (Å²) in [7, 11) is 3.75. The summed E-state index contributed by atoms with van der Waals surface area (Å²) in [6, 6.07) is 8.46. The van der Waals surface area contributed by atoms with E-state index in [-0.39, 0.29) is 5.91 Å². The van der Waals surface area contributed by atoms with Crippen LogP contribution in [0.1, 0.15) is 31.9 Å². The lowest BCUT2D eigenvalue weighted by molar-refractivity contribution is -0.128. The number of nitrogens with one attached hydrogen (secondary N) is 2. The molecule has 128 valence electrons. The van der Waals surface area contributed by atoms with Gasteiger partial charge in [0.05, 0.1) is 5.41 Å². The maximum Gasteiger partial charge on any atom is 0.227 e. The number of nitrogens with zero attached hydrogens (tertiary/aromatic N) is 2. The molecular formula is C18H30N4O. The predicted molar refractivity (Wildman–Crippen MR) is 96.5 cm³/mol. The fourth-order valence-corrected chi connectivity index (χ4v) is 2.21. The molecule has 0 radical (unpaired) electrons. The molecule has 5 nitrogen and oxygen atoms in total. The van der Waals surface area contributed by atoms with E-state index in [1.54, 1.807) is 7.05 Å². The van der Waals surface area contributed by atoms with E-state index >= 15 is 0 Å². The topological polar surface area (TPSA) is 56.7 Å².